The molecule has 0 spiro atoms. The van der Waals surface area contributed by atoms with Gasteiger partial charge in [0.1, 0.15) is 5.54 Å². The van der Waals surface area contributed by atoms with Crippen LogP contribution in [0.2, 0.25) is 0 Å². The molecule has 2 aromatic carbocycles. The molecule has 176 valence electrons. The highest BCUT2D eigenvalue weighted by atomic mass is 16.2. The Labute approximate surface area is 199 Å². The quantitative estimate of drug-likeness (QED) is 0.638. The summed E-state index contributed by atoms with van der Waals surface area (Å²) in [5.74, 6) is 2.36. The van der Waals surface area contributed by atoms with Crippen LogP contribution in [0, 0.1) is 23.7 Å². The lowest BCUT2D eigenvalue weighted by Gasteiger charge is -2.59. The number of hydrogen-bond donors (Lipinski definition) is 2. The third kappa shape index (κ3) is 4.13. The van der Waals surface area contributed by atoms with Crippen molar-refractivity contribution >= 4 is 5.91 Å². The molecule has 4 aliphatic rings. The molecule has 1 aliphatic carbocycles. The maximum atomic E-state index is 14.1. The topological polar surface area (TPSA) is 44.4 Å². The summed E-state index contributed by atoms with van der Waals surface area (Å²) >= 11 is 0. The van der Waals surface area contributed by atoms with Crippen molar-refractivity contribution in [2.75, 3.05) is 13.1 Å². The molecule has 0 radical (unpaired) electrons. The van der Waals surface area contributed by atoms with E-state index >= 15 is 0 Å². The first-order valence-corrected chi connectivity index (χ1v) is 12.9. The molecule has 4 nitrogen and oxygen atoms in total. The van der Waals surface area contributed by atoms with Crippen LogP contribution in [-0.4, -0.2) is 41.5 Å². The third-order valence-corrected chi connectivity index (χ3v) is 8.41. The minimum Gasteiger partial charge on any atom is -0.350 e. The van der Waals surface area contributed by atoms with Gasteiger partial charge in [-0.3, -0.25) is 15.0 Å². The van der Waals surface area contributed by atoms with Gasteiger partial charge < -0.3 is 5.32 Å². The highest BCUT2D eigenvalue weighted by Crippen LogP contribution is 2.55. The van der Waals surface area contributed by atoms with Gasteiger partial charge in [-0.2, -0.15) is 0 Å². The van der Waals surface area contributed by atoms with Crippen molar-refractivity contribution in [3.63, 3.8) is 0 Å². The molecule has 3 aliphatic heterocycles. The van der Waals surface area contributed by atoms with E-state index in [2.05, 4.69) is 78.8 Å². The fourth-order valence-corrected chi connectivity index (χ4v) is 7.27. The van der Waals surface area contributed by atoms with Gasteiger partial charge in [0, 0.05) is 37.6 Å². The Morgan fingerprint density at radius 2 is 1.76 bits per heavy atom. The van der Waals surface area contributed by atoms with Crippen molar-refractivity contribution in [1.29, 1.82) is 0 Å². The van der Waals surface area contributed by atoms with Crippen molar-refractivity contribution in [2.24, 2.45) is 23.7 Å². The molecule has 0 aromatic heterocycles. The Balaban J connectivity index is 1.49. The van der Waals surface area contributed by atoms with E-state index in [1.165, 1.54) is 5.56 Å². The molecule has 1 unspecified atom stereocenters. The zero-order chi connectivity index (χ0) is 23.0. The molecular weight excluding hydrogens is 406 g/mol. The number of nitrogens with zero attached hydrogens (tertiary/aromatic N) is 1. The molecule has 2 aromatic rings. The normalized spacial score (nSPS) is 32.9. The molecular formula is C29H39N3O. The average molecular weight is 446 g/mol. The highest BCUT2D eigenvalue weighted by Gasteiger charge is 2.67. The van der Waals surface area contributed by atoms with Gasteiger partial charge in [0.15, 0.2) is 0 Å². The Morgan fingerprint density at radius 3 is 2.39 bits per heavy atom. The summed E-state index contributed by atoms with van der Waals surface area (Å²) in [5, 5.41) is 7.31. The predicted octanol–water partition coefficient (Wildman–Crippen LogP) is 4.26. The fourth-order valence-electron chi connectivity index (χ4n) is 7.27. The maximum Gasteiger partial charge on any atom is 0.240 e. The second-order valence-corrected chi connectivity index (χ2v) is 11.0. The van der Waals surface area contributed by atoms with Crippen molar-refractivity contribution in [1.82, 2.24) is 15.5 Å². The van der Waals surface area contributed by atoms with Crippen LogP contribution in [0.5, 0.6) is 0 Å². The molecule has 4 fully saturated rings. The molecule has 1 amide bonds. The second-order valence-electron chi connectivity index (χ2n) is 11.0. The van der Waals surface area contributed by atoms with E-state index in [1.807, 2.05) is 18.2 Å². The smallest absolute Gasteiger partial charge is 0.240 e. The van der Waals surface area contributed by atoms with Crippen LogP contribution in [-0.2, 0) is 17.8 Å². The SMILES string of the molecule is CCC1N[C@@]2(C(=O)NCc3ccccc3)C[C@@H]3CN(CC(C)C)[C@@H]([C@H]13)[C@H]2Cc1ccccc1. The molecule has 6 atom stereocenters. The predicted molar refractivity (Wildman–Crippen MR) is 134 cm³/mol. The summed E-state index contributed by atoms with van der Waals surface area (Å²) in [7, 11) is 0. The van der Waals surface area contributed by atoms with E-state index in [0.29, 0.717) is 36.4 Å². The Kier molecular flexibility index (Phi) is 6.32. The zero-order valence-corrected chi connectivity index (χ0v) is 20.3. The number of rotatable bonds is 8. The average Bonchev–Trinajstić information content (AvgIpc) is 3.13. The van der Waals surface area contributed by atoms with Crippen molar-refractivity contribution < 1.29 is 4.79 Å². The first kappa shape index (κ1) is 22.6. The number of benzene rings is 2. The van der Waals surface area contributed by atoms with Gasteiger partial charge >= 0.3 is 0 Å². The minimum absolute atomic E-state index is 0.199. The number of carbonyl (C=O) groups excluding carboxylic acids is 1. The molecule has 6 rings (SSSR count). The van der Waals surface area contributed by atoms with Crippen molar-refractivity contribution in [2.45, 2.75) is 64.2 Å². The highest BCUT2D eigenvalue weighted by molar-refractivity contribution is 5.87. The van der Waals surface area contributed by atoms with Crippen LogP contribution in [0.15, 0.2) is 60.7 Å². The van der Waals surface area contributed by atoms with Crippen LogP contribution in [0.3, 0.4) is 0 Å². The van der Waals surface area contributed by atoms with E-state index in [-0.39, 0.29) is 11.8 Å². The summed E-state index contributed by atoms with van der Waals surface area (Å²) in [6.07, 6.45) is 2.99. The van der Waals surface area contributed by atoms with Gasteiger partial charge in [0.05, 0.1) is 0 Å². The van der Waals surface area contributed by atoms with E-state index in [1.54, 1.807) is 0 Å². The molecule has 1 saturated carbocycles. The number of likely N-dealkylation sites (tertiary alicyclic amines) is 1. The molecule has 33 heavy (non-hydrogen) atoms. The number of carbonyl (C=O) groups is 1. The summed E-state index contributed by atoms with van der Waals surface area (Å²) in [6.45, 7) is 9.79. The van der Waals surface area contributed by atoms with Gasteiger partial charge in [-0.05, 0) is 48.1 Å². The number of nitrogens with one attached hydrogen (secondary N) is 2. The van der Waals surface area contributed by atoms with E-state index in [9.17, 15) is 4.79 Å². The van der Waals surface area contributed by atoms with Crippen molar-refractivity contribution in [3.05, 3.63) is 71.8 Å². The number of hydrogen-bond acceptors (Lipinski definition) is 3. The summed E-state index contributed by atoms with van der Waals surface area (Å²) in [6, 6.07) is 22.0. The third-order valence-electron chi connectivity index (χ3n) is 8.41. The number of amides is 1. The lowest BCUT2D eigenvalue weighted by Crippen LogP contribution is -2.77. The first-order chi connectivity index (χ1) is 16.0. The van der Waals surface area contributed by atoms with Crippen LogP contribution in [0.25, 0.3) is 0 Å². The molecule has 4 bridgehead atoms. The van der Waals surface area contributed by atoms with Gasteiger partial charge in [-0.15, -0.1) is 0 Å². The summed E-state index contributed by atoms with van der Waals surface area (Å²) in [4.78, 5) is 16.8. The van der Waals surface area contributed by atoms with Crippen LogP contribution >= 0.6 is 0 Å². The Morgan fingerprint density at radius 1 is 1.09 bits per heavy atom. The maximum absolute atomic E-state index is 14.1. The fraction of sp³-hybridized carbons (Fsp3) is 0.552. The summed E-state index contributed by atoms with van der Waals surface area (Å²) in [5.41, 5.74) is 2.00. The molecule has 2 N–H and O–H groups in total. The Hall–Kier alpha value is -2.17. The monoisotopic (exact) mass is 445 g/mol. The van der Waals surface area contributed by atoms with Gasteiger partial charge in [-0.1, -0.05) is 81.4 Å². The standard InChI is InChI=1S/C29H39N3O/c1-4-25-26-23-16-29(31-25,28(33)30-17-22-13-9-6-10-14-22)24(15-21-11-7-5-8-12-21)27(26)32(19-23)18-20(2)3/h5-14,20,23-27,31H,4,15-19H2,1-3H3,(H,30,33)/t23-,24-,25?,26+,27-,29+/m1/s1. The lowest BCUT2D eigenvalue weighted by atomic mass is 9.55. The lowest BCUT2D eigenvalue weighted by molar-refractivity contribution is -0.142. The van der Waals surface area contributed by atoms with Crippen LogP contribution in [0.1, 0.15) is 44.7 Å². The second kappa shape index (κ2) is 9.23. The van der Waals surface area contributed by atoms with E-state index < -0.39 is 5.54 Å². The molecule has 3 saturated heterocycles. The largest absolute Gasteiger partial charge is 0.350 e. The van der Waals surface area contributed by atoms with Gasteiger partial charge in [0.25, 0.3) is 0 Å². The van der Waals surface area contributed by atoms with Crippen LogP contribution < -0.4 is 10.6 Å². The molecule has 3 heterocycles. The first-order valence-electron chi connectivity index (χ1n) is 12.9. The van der Waals surface area contributed by atoms with Crippen LogP contribution in [0.4, 0.5) is 0 Å². The van der Waals surface area contributed by atoms with E-state index in [0.717, 1.165) is 37.9 Å². The number of fused-ring (bicyclic) bond motifs is 1. The van der Waals surface area contributed by atoms with Crippen molar-refractivity contribution in [3.8, 4) is 0 Å². The minimum atomic E-state index is -0.499. The van der Waals surface area contributed by atoms with Gasteiger partial charge in [0.2, 0.25) is 5.91 Å². The Bertz CT molecular complexity index is 946. The zero-order valence-electron chi connectivity index (χ0n) is 20.3. The molecule has 4 heteroatoms. The van der Waals surface area contributed by atoms with Gasteiger partial charge in [-0.25, -0.2) is 0 Å². The van der Waals surface area contributed by atoms with E-state index in [4.69, 9.17) is 0 Å². The number of piperidine rings is 2. The summed E-state index contributed by atoms with van der Waals surface area (Å²) < 4.78 is 0.